The summed E-state index contributed by atoms with van der Waals surface area (Å²) < 4.78 is 10.6. The van der Waals surface area contributed by atoms with E-state index in [1.54, 1.807) is 0 Å². The highest BCUT2D eigenvalue weighted by Gasteiger charge is 2.36. The molecule has 2 atom stereocenters. The number of aromatic amines is 1. The number of H-pyrrole nitrogens is 1. The number of carbonyl (C=O) groups excluding carboxylic acids is 2. The predicted octanol–water partition coefficient (Wildman–Crippen LogP) is 3.32. The highest BCUT2D eigenvalue weighted by molar-refractivity contribution is 5.84. The summed E-state index contributed by atoms with van der Waals surface area (Å²) in [5.41, 5.74) is 3.03. The van der Waals surface area contributed by atoms with Crippen LogP contribution in [0, 0.1) is 0 Å². The Balaban J connectivity index is 1.31. The summed E-state index contributed by atoms with van der Waals surface area (Å²) in [4.78, 5) is 27.3. The van der Waals surface area contributed by atoms with Crippen LogP contribution in [0.15, 0.2) is 60.8 Å². The molecule has 1 amide bonds. The number of aromatic nitrogens is 1. The van der Waals surface area contributed by atoms with E-state index in [-0.39, 0.29) is 12.7 Å². The van der Waals surface area contributed by atoms with Gasteiger partial charge in [-0.3, -0.25) is 0 Å². The van der Waals surface area contributed by atoms with Crippen LogP contribution in [0.25, 0.3) is 10.9 Å². The van der Waals surface area contributed by atoms with Crippen molar-refractivity contribution in [2.45, 2.75) is 31.6 Å². The molecule has 1 saturated heterocycles. The monoisotopic (exact) mass is 364 g/mol. The lowest BCUT2D eigenvalue weighted by Crippen LogP contribution is -2.38. The number of hydrogen-bond donors (Lipinski definition) is 2. The Morgan fingerprint density at radius 1 is 1.15 bits per heavy atom. The van der Waals surface area contributed by atoms with Crippen molar-refractivity contribution in [2.75, 3.05) is 0 Å². The van der Waals surface area contributed by atoms with Crippen LogP contribution in [0.3, 0.4) is 0 Å². The Morgan fingerprint density at radius 2 is 1.93 bits per heavy atom. The normalized spacial score (nSPS) is 19.0. The molecule has 138 valence electrons. The number of amides is 1. The van der Waals surface area contributed by atoms with Crippen LogP contribution >= 0.6 is 0 Å². The molecule has 1 aromatic heterocycles. The number of carbonyl (C=O) groups is 2. The van der Waals surface area contributed by atoms with E-state index in [1.807, 2.05) is 60.8 Å². The quantitative estimate of drug-likeness (QED) is 0.681. The predicted molar refractivity (Wildman–Crippen MR) is 100 cm³/mol. The van der Waals surface area contributed by atoms with Gasteiger partial charge in [0.15, 0.2) is 0 Å². The summed E-state index contributed by atoms with van der Waals surface area (Å²) >= 11 is 0. The standard InChI is InChI=1S/C21H20N2O4/c24-20-19(23-21(25)26-13-14-6-2-1-3-7-14)11-16(27-20)10-15-12-22-18-9-5-4-8-17(15)18/h1-9,12,16,19,22H,10-11,13H2,(H,23,25)/t16-,19-/m1/s1. The summed E-state index contributed by atoms with van der Waals surface area (Å²) in [5, 5.41) is 3.72. The molecule has 2 N–H and O–H groups in total. The van der Waals surface area contributed by atoms with Gasteiger partial charge in [0.1, 0.15) is 18.8 Å². The SMILES string of the molecule is O=C(N[C@@H]1C[C@@H](Cc2c[nH]c3ccccc23)OC1=O)OCc1ccccc1. The van der Waals surface area contributed by atoms with Crippen molar-refractivity contribution in [2.24, 2.45) is 0 Å². The van der Waals surface area contributed by atoms with Gasteiger partial charge in [0, 0.05) is 29.9 Å². The fourth-order valence-electron chi connectivity index (χ4n) is 3.35. The third kappa shape index (κ3) is 3.95. The zero-order chi connectivity index (χ0) is 18.6. The fraction of sp³-hybridized carbons (Fsp3) is 0.238. The number of ether oxygens (including phenoxy) is 2. The topological polar surface area (TPSA) is 80.4 Å². The zero-order valence-corrected chi connectivity index (χ0v) is 14.7. The molecule has 2 heterocycles. The average Bonchev–Trinajstić information content (AvgIpc) is 3.25. The molecule has 0 saturated carbocycles. The Morgan fingerprint density at radius 3 is 2.78 bits per heavy atom. The second kappa shape index (κ2) is 7.53. The van der Waals surface area contributed by atoms with Gasteiger partial charge in [-0.1, -0.05) is 48.5 Å². The highest BCUT2D eigenvalue weighted by atomic mass is 16.6. The number of para-hydroxylation sites is 1. The Kier molecular flexibility index (Phi) is 4.78. The molecular formula is C21H20N2O4. The maximum absolute atomic E-state index is 12.1. The van der Waals surface area contributed by atoms with E-state index in [9.17, 15) is 9.59 Å². The van der Waals surface area contributed by atoms with Gasteiger partial charge in [0.05, 0.1) is 0 Å². The van der Waals surface area contributed by atoms with Crippen LogP contribution in [0.4, 0.5) is 4.79 Å². The van der Waals surface area contributed by atoms with Crippen molar-refractivity contribution in [1.82, 2.24) is 10.3 Å². The van der Waals surface area contributed by atoms with E-state index in [2.05, 4.69) is 10.3 Å². The first-order chi connectivity index (χ1) is 13.2. The molecule has 4 rings (SSSR count). The molecule has 1 aliphatic rings. The second-order valence-corrected chi connectivity index (χ2v) is 6.62. The minimum absolute atomic E-state index is 0.160. The molecule has 0 bridgehead atoms. The third-order valence-electron chi connectivity index (χ3n) is 4.69. The second-order valence-electron chi connectivity index (χ2n) is 6.62. The van der Waals surface area contributed by atoms with E-state index >= 15 is 0 Å². The molecule has 3 aromatic rings. The third-order valence-corrected chi connectivity index (χ3v) is 4.69. The maximum atomic E-state index is 12.1. The van der Waals surface area contributed by atoms with Gasteiger partial charge < -0.3 is 19.8 Å². The molecular weight excluding hydrogens is 344 g/mol. The zero-order valence-electron chi connectivity index (χ0n) is 14.7. The van der Waals surface area contributed by atoms with E-state index < -0.39 is 18.1 Å². The lowest BCUT2D eigenvalue weighted by molar-refractivity contribution is -0.142. The van der Waals surface area contributed by atoms with E-state index in [4.69, 9.17) is 9.47 Å². The Bertz CT molecular complexity index is 951. The summed E-state index contributed by atoms with van der Waals surface area (Å²) in [6.45, 7) is 0.160. The Labute approximate surface area is 156 Å². The summed E-state index contributed by atoms with van der Waals surface area (Å²) in [6.07, 6.45) is 2.09. The van der Waals surface area contributed by atoms with Crippen molar-refractivity contribution in [3.8, 4) is 0 Å². The summed E-state index contributed by atoms with van der Waals surface area (Å²) in [5.74, 6) is -0.420. The molecule has 0 aliphatic carbocycles. The van der Waals surface area contributed by atoms with Gasteiger partial charge >= 0.3 is 12.1 Å². The average molecular weight is 364 g/mol. The first kappa shape index (κ1) is 17.1. The molecule has 1 fully saturated rings. The number of alkyl carbamates (subject to hydrolysis) is 1. The number of benzene rings is 2. The van der Waals surface area contributed by atoms with Gasteiger partial charge in [-0.2, -0.15) is 0 Å². The van der Waals surface area contributed by atoms with Crippen molar-refractivity contribution < 1.29 is 19.1 Å². The van der Waals surface area contributed by atoms with Crippen molar-refractivity contribution in [1.29, 1.82) is 0 Å². The largest absolute Gasteiger partial charge is 0.460 e. The molecule has 27 heavy (non-hydrogen) atoms. The van der Waals surface area contributed by atoms with Crippen LogP contribution in [-0.2, 0) is 27.3 Å². The van der Waals surface area contributed by atoms with E-state index in [1.165, 1.54) is 0 Å². The van der Waals surface area contributed by atoms with Crippen LogP contribution in [0.1, 0.15) is 17.5 Å². The van der Waals surface area contributed by atoms with Gasteiger partial charge in [0.25, 0.3) is 0 Å². The number of nitrogens with one attached hydrogen (secondary N) is 2. The highest BCUT2D eigenvalue weighted by Crippen LogP contribution is 2.24. The number of fused-ring (bicyclic) bond motifs is 1. The van der Waals surface area contributed by atoms with Gasteiger partial charge in [-0.05, 0) is 17.2 Å². The summed E-state index contributed by atoms with van der Waals surface area (Å²) in [6, 6.07) is 16.7. The lowest BCUT2D eigenvalue weighted by atomic mass is 10.0. The Hall–Kier alpha value is -3.28. The molecule has 0 radical (unpaired) electrons. The molecule has 6 nitrogen and oxygen atoms in total. The first-order valence-corrected chi connectivity index (χ1v) is 8.92. The molecule has 2 aromatic carbocycles. The number of rotatable bonds is 5. The fourth-order valence-corrected chi connectivity index (χ4v) is 3.35. The van der Waals surface area contributed by atoms with Gasteiger partial charge in [0.2, 0.25) is 0 Å². The van der Waals surface area contributed by atoms with Crippen LogP contribution in [0.5, 0.6) is 0 Å². The molecule has 6 heteroatoms. The van der Waals surface area contributed by atoms with Crippen LogP contribution in [-0.4, -0.2) is 29.2 Å². The first-order valence-electron chi connectivity index (χ1n) is 8.92. The molecule has 0 unspecified atom stereocenters. The minimum Gasteiger partial charge on any atom is -0.460 e. The van der Waals surface area contributed by atoms with E-state index in [0.29, 0.717) is 12.8 Å². The minimum atomic E-state index is -0.677. The van der Waals surface area contributed by atoms with Gasteiger partial charge in [-0.25, -0.2) is 9.59 Å². The number of cyclic esters (lactones) is 1. The number of esters is 1. The van der Waals surface area contributed by atoms with Crippen LogP contribution < -0.4 is 5.32 Å². The van der Waals surface area contributed by atoms with Gasteiger partial charge in [-0.15, -0.1) is 0 Å². The number of hydrogen-bond acceptors (Lipinski definition) is 4. The van der Waals surface area contributed by atoms with E-state index in [0.717, 1.165) is 22.0 Å². The lowest BCUT2D eigenvalue weighted by Gasteiger charge is -2.10. The molecule has 1 aliphatic heterocycles. The molecule has 0 spiro atoms. The van der Waals surface area contributed by atoms with Crippen LogP contribution in [0.2, 0.25) is 0 Å². The maximum Gasteiger partial charge on any atom is 0.408 e. The van der Waals surface area contributed by atoms with Crippen molar-refractivity contribution >= 4 is 23.0 Å². The van der Waals surface area contributed by atoms with Crippen molar-refractivity contribution in [3.63, 3.8) is 0 Å². The van der Waals surface area contributed by atoms with Crippen molar-refractivity contribution in [3.05, 3.63) is 71.9 Å². The summed E-state index contributed by atoms with van der Waals surface area (Å²) in [7, 11) is 0. The smallest absolute Gasteiger partial charge is 0.408 e.